The zero-order valence-corrected chi connectivity index (χ0v) is 13.3. The zero-order valence-electron chi connectivity index (χ0n) is 13.3. The summed E-state index contributed by atoms with van der Waals surface area (Å²) in [7, 11) is 2.15. The Labute approximate surface area is 127 Å². The fourth-order valence-corrected chi connectivity index (χ4v) is 2.65. The van der Waals surface area contributed by atoms with Gasteiger partial charge in [-0.3, -0.25) is 9.78 Å². The summed E-state index contributed by atoms with van der Waals surface area (Å²) in [4.78, 5) is 18.8. The second-order valence-electron chi connectivity index (χ2n) is 6.25. The van der Waals surface area contributed by atoms with E-state index in [0.29, 0.717) is 5.56 Å². The Morgan fingerprint density at radius 2 is 2.14 bits per heavy atom. The molecular formula is C16H26N4O. The van der Waals surface area contributed by atoms with Gasteiger partial charge in [0.05, 0.1) is 17.4 Å². The first-order valence-electron chi connectivity index (χ1n) is 7.69. The molecule has 1 fully saturated rings. The molecule has 2 N–H and O–H groups in total. The van der Waals surface area contributed by atoms with E-state index in [1.54, 1.807) is 18.5 Å². The lowest BCUT2D eigenvalue weighted by molar-refractivity contribution is 0.0892. The lowest BCUT2D eigenvalue weighted by atomic mass is 9.80. The zero-order chi connectivity index (χ0) is 15.3. The van der Waals surface area contributed by atoms with E-state index in [0.717, 1.165) is 44.7 Å². The van der Waals surface area contributed by atoms with Crippen LogP contribution in [0, 0.1) is 5.41 Å². The number of nitrogens with one attached hydrogen (secondary N) is 2. The Morgan fingerprint density at radius 3 is 2.81 bits per heavy atom. The van der Waals surface area contributed by atoms with Crippen molar-refractivity contribution in [3.05, 3.63) is 24.0 Å². The monoisotopic (exact) mass is 290 g/mol. The molecule has 1 amide bonds. The quantitative estimate of drug-likeness (QED) is 0.870. The van der Waals surface area contributed by atoms with Crippen LogP contribution in [-0.4, -0.2) is 49.0 Å². The van der Waals surface area contributed by atoms with Gasteiger partial charge in [-0.1, -0.05) is 6.92 Å². The van der Waals surface area contributed by atoms with E-state index in [-0.39, 0.29) is 11.3 Å². The van der Waals surface area contributed by atoms with Gasteiger partial charge in [-0.2, -0.15) is 0 Å². The molecular weight excluding hydrogens is 264 g/mol. The predicted molar refractivity (Wildman–Crippen MR) is 85.6 cm³/mol. The number of nitrogens with zero attached hydrogens (tertiary/aromatic N) is 2. The van der Waals surface area contributed by atoms with E-state index >= 15 is 0 Å². The third-order valence-corrected chi connectivity index (χ3v) is 4.30. The van der Waals surface area contributed by atoms with Crippen molar-refractivity contribution in [2.75, 3.05) is 38.5 Å². The first kappa shape index (κ1) is 15.8. The molecule has 0 atom stereocenters. The van der Waals surface area contributed by atoms with Crippen LogP contribution in [0.1, 0.15) is 37.0 Å². The second kappa shape index (κ2) is 6.89. The molecule has 0 saturated carbocycles. The van der Waals surface area contributed by atoms with Gasteiger partial charge < -0.3 is 15.5 Å². The lowest BCUT2D eigenvalue weighted by Crippen LogP contribution is -2.43. The maximum atomic E-state index is 12.4. The molecule has 1 aliphatic rings. The Hall–Kier alpha value is -1.62. The van der Waals surface area contributed by atoms with Gasteiger partial charge in [0, 0.05) is 19.3 Å². The topological polar surface area (TPSA) is 57.3 Å². The van der Waals surface area contributed by atoms with E-state index in [1.165, 1.54) is 0 Å². The van der Waals surface area contributed by atoms with Crippen molar-refractivity contribution in [3.63, 3.8) is 0 Å². The van der Waals surface area contributed by atoms with Gasteiger partial charge in [0.15, 0.2) is 0 Å². The van der Waals surface area contributed by atoms with Gasteiger partial charge in [-0.05, 0) is 51.4 Å². The summed E-state index contributed by atoms with van der Waals surface area (Å²) >= 11 is 0. The minimum absolute atomic E-state index is 0.0199. The highest BCUT2D eigenvalue weighted by molar-refractivity contribution is 5.99. The normalized spacial score (nSPS) is 18.2. The summed E-state index contributed by atoms with van der Waals surface area (Å²) in [6.45, 7) is 7.98. The first-order chi connectivity index (χ1) is 10.0. The molecule has 1 aromatic heterocycles. The summed E-state index contributed by atoms with van der Waals surface area (Å²) in [6, 6.07) is 1.77. The van der Waals surface area contributed by atoms with Crippen molar-refractivity contribution < 1.29 is 4.79 Å². The maximum absolute atomic E-state index is 12.4. The Morgan fingerprint density at radius 1 is 1.43 bits per heavy atom. The van der Waals surface area contributed by atoms with Crippen LogP contribution in [0.25, 0.3) is 0 Å². The molecule has 2 heterocycles. The van der Waals surface area contributed by atoms with Gasteiger partial charge in [0.25, 0.3) is 5.91 Å². The number of carbonyl (C=O) groups is 1. The third kappa shape index (κ3) is 4.17. The van der Waals surface area contributed by atoms with Crippen LogP contribution in [0.2, 0.25) is 0 Å². The van der Waals surface area contributed by atoms with Crippen molar-refractivity contribution >= 4 is 11.6 Å². The largest absolute Gasteiger partial charge is 0.383 e. The number of amides is 1. The minimum atomic E-state index is -0.0199. The molecule has 0 unspecified atom stereocenters. The Kier molecular flexibility index (Phi) is 5.17. The average molecular weight is 290 g/mol. The van der Waals surface area contributed by atoms with E-state index in [9.17, 15) is 4.79 Å². The van der Waals surface area contributed by atoms with Gasteiger partial charge in [-0.25, -0.2) is 0 Å². The second-order valence-corrected chi connectivity index (χ2v) is 6.25. The molecule has 0 radical (unpaired) electrons. The van der Waals surface area contributed by atoms with E-state index in [4.69, 9.17) is 0 Å². The average Bonchev–Trinajstić information content (AvgIpc) is 2.49. The summed E-state index contributed by atoms with van der Waals surface area (Å²) in [5.74, 6) is -0.0199. The van der Waals surface area contributed by atoms with Crippen LogP contribution < -0.4 is 10.6 Å². The van der Waals surface area contributed by atoms with Crippen molar-refractivity contribution in [1.82, 2.24) is 15.2 Å². The van der Waals surface area contributed by atoms with Crippen LogP contribution in [-0.2, 0) is 0 Å². The van der Waals surface area contributed by atoms with Crippen molar-refractivity contribution in [3.8, 4) is 0 Å². The summed E-state index contributed by atoms with van der Waals surface area (Å²) in [5.41, 5.74) is 1.67. The van der Waals surface area contributed by atoms with E-state index in [1.807, 2.05) is 6.92 Å². The number of aromatic nitrogens is 1. The molecule has 1 aliphatic heterocycles. The van der Waals surface area contributed by atoms with Gasteiger partial charge >= 0.3 is 0 Å². The highest BCUT2D eigenvalue weighted by Crippen LogP contribution is 2.29. The standard InChI is InChI=1S/C16H26N4O/c1-4-18-14-11-17-8-5-13(14)15(21)19-12-16(2)6-9-20(3)10-7-16/h5,8,11,18H,4,6-7,9-10,12H2,1-3H3,(H,19,21). The number of likely N-dealkylation sites (tertiary alicyclic amines) is 1. The SMILES string of the molecule is CCNc1cnccc1C(=O)NCC1(C)CCN(C)CC1. The molecule has 2 rings (SSSR count). The van der Waals surface area contributed by atoms with Crippen molar-refractivity contribution in [2.24, 2.45) is 5.41 Å². The predicted octanol–water partition coefficient (Wildman–Crippen LogP) is 1.98. The summed E-state index contributed by atoms with van der Waals surface area (Å²) in [6.07, 6.45) is 5.61. The van der Waals surface area contributed by atoms with Crippen LogP contribution in [0.15, 0.2) is 18.5 Å². The van der Waals surface area contributed by atoms with Crippen molar-refractivity contribution in [2.45, 2.75) is 26.7 Å². The van der Waals surface area contributed by atoms with E-state index in [2.05, 4.69) is 34.5 Å². The fraction of sp³-hybridized carbons (Fsp3) is 0.625. The lowest BCUT2D eigenvalue weighted by Gasteiger charge is -2.38. The number of piperidine rings is 1. The molecule has 21 heavy (non-hydrogen) atoms. The summed E-state index contributed by atoms with van der Waals surface area (Å²) < 4.78 is 0. The molecule has 0 spiro atoms. The van der Waals surface area contributed by atoms with Crippen LogP contribution in [0.5, 0.6) is 0 Å². The minimum Gasteiger partial charge on any atom is -0.383 e. The Balaban J connectivity index is 1.96. The maximum Gasteiger partial charge on any atom is 0.253 e. The number of hydrogen-bond acceptors (Lipinski definition) is 4. The molecule has 1 aromatic rings. The molecule has 1 saturated heterocycles. The van der Waals surface area contributed by atoms with Gasteiger partial charge in [0.2, 0.25) is 0 Å². The van der Waals surface area contributed by atoms with Crippen LogP contribution in [0.4, 0.5) is 5.69 Å². The van der Waals surface area contributed by atoms with Gasteiger partial charge in [-0.15, -0.1) is 0 Å². The molecule has 0 bridgehead atoms. The molecule has 0 aliphatic carbocycles. The number of carbonyl (C=O) groups excluding carboxylic acids is 1. The van der Waals surface area contributed by atoms with Gasteiger partial charge in [0.1, 0.15) is 0 Å². The molecule has 0 aromatic carbocycles. The number of pyridine rings is 1. The summed E-state index contributed by atoms with van der Waals surface area (Å²) in [5, 5.41) is 6.28. The highest BCUT2D eigenvalue weighted by atomic mass is 16.1. The Bertz CT molecular complexity index is 481. The highest BCUT2D eigenvalue weighted by Gasteiger charge is 2.29. The van der Waals surface area contributed by atoms with E-state index < -0.39 is 0 Å². The number of anilines is 1. The molecule has 116 valence electrons. The molecule has 5 nitrogen and oxygen atoms in total. The van der Waals surface area contributed by atoms with Crippen LogP contribution >= 0.6 is 0 Å². The smallest absolute Gasteiger partial charge is 0.253 e. The van der Waals surface area contributed by atoms with Crippen molar-refractivity contribution in [1.29, 1.82) is 0 Å². The van der Waals surface area contributed by atoms with Crippen LogP contribution in [0.3, 0.4) is 0 Å². The number of hydrogen-bond donors (Lipinski definition) is 2. The fourth-order valence-electron chi connectivity index (χ4n) is 2.65. The molecule has 5 heteroatoms. The number of rotatable bonds is 5. The third-order valence-electron chi connectivity index (χ3n) is 4.30. The first-order valence-corrected chi connectivity index (χ1v) is 7.69.